The molecule has 0 atom stereocenters. The molecular formula is C44H46N4O6S2. The number of aromatic nitrogens is 4. The Morgan fingerprint density at radius 2 is 0.911 bits per heavy atom. The van der Waals surface area contributed by atoms with E-state index in [1.165, 1.54) is 0 Å². The smallest absolute Gasteiger partial charge is 0.296 e. The lowest BCUT2D eigenvalue weighted by Gasteiger charge is -2.09. The topological polar surface area (TPSA) is 144 Å². The summed E-state index contributed by atoms with van der Waals surface area (Å²) in [5.74, 6) is 0. The molecule has 0 fully saturated rings. The highest BCUT2D eigenvalue weighted by Gasteiger charge is 2.23. The molecule has 2 N–H and O–H groups in total. The summed E-state index contributed by atoms with van der Waals surface area (Å²) in [6, 6.07) is 25.6. The lowest BCUT2D eigenvalue weighted by Crippen LogP contribution is -2.08. The predicted molar refractivity (Wildman–Crippen MR) is 223 cm³/mol. The van der Waals surface area contributed by atoms with E-state index in [1.54, 1.807) is 48.5 Å². The molecule has 0 saturated heterocycles. The van der Waals surface area contributed by atoms with Gasteiger partial charge in [-0.15, -0.1) is 0 Å². The zero-order chi connectivity index (χ0) is 39.8. The van der Waals surface area contributed by atoms with Crippen LogP contribution in [0.4, 0.5) is 0 Å². The standard InChI is InChI=1S/C44H46N4O6S2/c1-27-11-15-35(16-12-27)55(49,50)53-19-7-9-37-31(5)41-24-34-21-29(3)39(45-34)23-33-22-30(4)40(46-33)25-42-32(6)38(44(48-42)26-43(37)47-41)10-8-20-54-56(51,52)36-17-13-28(2)14-18-36/h11-18,21-26,45-46H,7-10,19-20H2,1-6H3. The molecule has 0 unspecified atom stereocenters. The maximum absolute atomic E-state index is 12.9. The van der Waals surface area contributed by atoms with Crippen LogP contribution in [-0.2, 0) is 28.6 Å². The van der Waals surface area contributed by atoms with Gasteiger partial charge in [0.1, 0.15) is 0 Å². The van der Waals surface area contributed by atoms with Crippen molar-refractivity contribution >= 4 is 64.6 Å². The summed E-state index contributed by atoms with van der Waals surface area (Å²) in [6.07, 6.45) is 1.93. The van der Waals surface area contributed by atoms with Crippen LogP contribution in [0.1, 0.15) is 84.6 Å². The number of aromatic amines is 2. The monoisotopic (exact) mass is 790 g/mol. The van der Waals surface area contributed by atoms with Crippen LogP contribution in [0.25, 0.3) is 44.4 Å². The fraction of sp³-hybridized carbons (Fsp3) is 0.273. The zero-order valence-corrected chi connectivity index (χ0v) is 34.1. The van der Waals surface area contributed by atoms with Crippen molar-refractivity contribution in [2.45, 2.75) is 77.0 Å². The molecule has 0 radical (unpaired) electrons. The number of nitrogens with zero attached hydrogens (tertiary/aromatic N) is 2. The van der Waals surface area contributed by atoms with Gasteiger partial charge in [-0.25, -0.2) is 9.97 Å². The van der Waals surface area contributed by atoms with Gasteiger partial charge in [0, 0.05) is 22.1 Å². The second-order valence-corrected chi connectivity index (χ2v) is 17.8. The number of H-pyrrole nitrogens is 2. The Morgan fingerprint density at radius 1 is 0.500 bits per heavy atom. The molecule has 7 rings (SSSR count). The van der Waals surface area contributed by atoms with Gasteiger partial charge in [0.15, 0.2) is 0 Å². The summed E-state index contributed by atoms with van der Waals surface area (Å²) >= 11 is 0. The van der Waals surface area contributed by atoms with Gasteiger partial charge in [0.05, 0.1) is 45.8 Å². The van der Waals surface area contributed by atoms with E-state index in [0.29, 0.717) is 25.7 Å². The molecule has 5 heterocycles. The van der Waals surface area contributed by atoms with Crippen LogP contribution in [0.2, 0.25) is 0 Å². The third-order valence-electron chi connectivity index (χ3n) is 10.3. The Hall–Kier alpha value is -5.14. The van der Waals surface area contributed by atoms with E-state index in [4.69, 9.17) is 18.3 Å². The highest BCUT2D eigenvalue weighted by atomic mass is 32.2. The first-order valence-electron chi connectivity index (χ1n) is 18.7. The van der Waals surface area contributed by atoms with Crippen molar-refractivity contribution in [3.63, 3.8) is 0 Å². The Balaban J connectivity index is 1.24. The number of rotatable bonds is 12. The van der Waals surface area contributed by atoms with E-state index in [1.807, 2.05) is 39.8 Å². The quantitative estimate of drug-likeness (QED) is 0.0939. The molecule has 2 aromatic carbocycles. The number of aryl methyl sites for hydroxylation is 4. The Kier molecular flexibility index (Phi) is 11.0. The minimum absolute atomic E-state index is 0.00914. The van der Waals surface area contributed by atoms with Crippen LogP contribution < -0.4 is 0 Å². The average molecular weight is 791 g/mol. The van der Waals surface area contributed by atoms with E-state index in [0.717, 1.165) is 89.4 Å². The molecule has 5 aromatic rings. The van der Waals surface area contributed by atoms with Crippen molar-refractivity contribution in [1.29, 1.82) is 0 Å². The summed E-state index contributed by atoms with van der Waals surface area (Å²) < 4.78 is 62.6. The van der Waals surface area contributed by atoms with Crippen molar-refractivity contribution in [1.82, 2.24) is 19.9 Å². The summed E-state index contributed by atoms with van der Waals surface area (Å²) in [5, 5.41) is 0. The molecule has 0 aliphatic carbocycles. The number of allylic oxidation sites excluding steroid dienone is 4. The van der Waals surface area contributed by atoms with Gasteiger partial charge < -0.3 is 9.97 Å². The molecule has 290 valence electrons. The SMILES string of the molecule is CC1=C(CCCOS(=O)(=O)c2ccc(C)cc2)c2cc3nc(cc4[nH]c(cc4C)cc4[nH]c(cc1n2)cc4C)C(C)=C3CCCOS(=O)(=O)c1ccc(C)cc1. The first-order chi connectivity index (χ1) is 26.7. The minimum atomic E-state index is -3.90. The maximum atomic E-state index is 12.9. The van der Waals surface area contributed by atoms with Crippen molar-refractivity contribution in [2.24, 2.45) is 0 Å². The molecule has 3 aromatic heterocycles. The van der Waals surface area contributed by atoms with E-state index < -0.39 is 20.2 Å². The van der Waals surface area contributed by atoms with E-state index >= 15 is 0 Å². The fourth-order valence-corrected chi connectivity index (χ4v) is 8.90. The second kappa shape index (κ2) is 15.8. The first kappa shape index (κ1) is 39.1. The number of hydrogen-bond donors (Lipinski definition) is 2. The largest absolute Gasteiger partial charge is 0.355 e. The highest BCUT2D eigenvalue weighted by Crippen LogP contribution is 2.37. The van der Waals surface area contributed by atoms with Gasteiger partial charge >= 0.3 is 0 Å². The maximum Gasteiger partial charge on any atom is 0.296 e. The normalized spacial score (nSPS) is 13.5. The first-order valence-corrected chi connectivity index (χ1v) is 21.5. The average Bonchev–Trinajstić information content (AvgIpc) is 3.85. The van der Waals surface area contributed by atoms with Crippen LogP contribution in [0, 0.1) is 27.7 Å². The third-order valence-corrected chi connectivity index (χ3v) is 13.0. The Bertz CT molecular complexity index is 2780. The summed E-state index contributed by atoms with van der Waals surface area (Å²) in [7, 11) is -7.81. The number of benzene rings is 2. The molecule has 2 aliphatic heterocycles. The van der Waals surface area contributed by atoms with E-state index in [-0.39, 0.29) is 23.0 Å². The zero-order valence-electron chi connectivity index (χ0n) is 32.5. The fourth-order valence-electron chi connectivity index (χ4n) is 7.01. The van der Waals surface area contributed by atoms with Crippen molar-refractivity contribution in [2.75, 3.05) is 13.2 Å². The number of nitrogens with one attached hydrogen (secondary N) is 2. The second-order valence-electron chi connectivity index (χ2n) is 14.6. The Labute approximate surface area is 328 Å². The van der Waals surface area contributed by atoms with Gasteiger partial charge in [0.25, 0.3) is 20.2 Å². The van der Waals surface area contributed by atoms with Gasteiger partial charge in [-0.2, -0.15) is 16.8 Å². The molecule has 10 nitrogen and oxygen atoms in total. The number of fused-ring (bicyclic) bond motifs is 8. The van der Waals surface area contributed by atoms with Crippen molar-refractivity contribution in [3.8, 4) is 0 Å². The Morgan fingerprint density at radius 3 is 1.38 bits per heavy atom. The molecule has 2 aliphatic rings. The molecule has 0 spiro atoms. The number of hydrogen-bond acceptors (Lipinski definition) is 8. The predicted octanol–water partition coefficient (Wildman–Crippen LogP) is 9.78. The van der Waals surface area contributed by atoms with Gasteiger partial charge in [-0.05, 0) is 161 Å². The lowest BCUT2D eigenvalue weighted by atomic mass is 9.98. The van der Waals surface area contributed by atoms with Crippen molar-refractivity contribution < 1.29 is 25.2 Å². The van der Waals surface area contributed by atoms with Crippen LogP contribution in [-0.4, -0.2) is 50.0 Å². The molecule has 0 amide bonds. The lowest BCUT2D eigenvalue weighted by molar-refractivity contribution is 0.313. The summed E-state index contributed by atoms with van der Waals surface area (Å²) in [6.45, 7) is 12.0. The van der Waals surface area contributed by atoms with Crippen LogP contribution >= 0.6 is 0 Å². The third kappa shape index (κ3) is 8.48. The van der Waals surface area contributed by atoms with Gasteiger partial charge in [0.2, 0.25) is 0 Å². The van der Waals surface area contributed by atoms with Gasteiger partial charge in [-0.3, -0.25) is 8.37 Å². The van der Waals surface area contributed by atoms with Crippen LogP contribution in [0.3, 0.4) is 0 Å². The molecule has 8 bridgehead atoms. The van der Waals surface area contributed by atoms with E-state index in [2.05, 4.69) is 48.1 Å². The summed E-state index contributed by atoms with van der Waals surface area (Å²) in [4.78, 5) is 17.6. The van der Waals surface area contributed by atoms with E-state index in [9.17, 15) is 16.8 Å². The van der Waals surface area contributed by atoms with Crippen LogP contribution in [0.5, 0.6) is 0 Å². The molecular weight excluding hydrogens is 745 g/mol. The van der Waals surface area contributed by atoms with Crippen molar-refractivity contribution in [3.05, 3.63) is 130 Å². The molecule has 0 saturated carbocycles. The highest BCUT2D eigenvalue weighted by molar-refractivity contribution is 7.87. The van der Waals surface area contributed by atoms with Gasteiger partial charge in [-0.1, -0.05) is 35.4 Å². The van der Waals surface area contributed by atoms with Crippen LogP contribution in [0.15, 0.2) is 94.7 Å². The minimum Gasteiger partial charge on any atom is -0.355 e. The molecule has 12 heteroatoms. The summed E-state index contributed by atoms with van der Waals surface area (Å²) in [5.41, 5.74) is 14.9. The molecule has 56 heavy (non-hydrogen) atoms.